The molecule has 0 radical (unpaired) electrons. The van der Waals surface area contributed by atoms with Gasteiger partial charge in [-0.05, 0) is 39.5 Å². The van der Waals surface area contributed by atoms with Crippen LogP contribution in [0.3, 0.4) is 0 Å². The molecular weight excluding hydrogens is 245 g/mol. The van der Waals surface area contributed by atoms with Crippen molar-refractivity contribution < 1.29 is 4.39 Å². The zero-order valence-corrected chi connectivity index (χ0v) is 10.3. The second-order valence-corrected chi connectivity index (χ2v) is 5.39. The monoisotopic (exact) mass is 259 g/mol. The maximum atomic E-state index is 12.9. The van der Waals surface area contributed by atoms with Gasteiger partial charge in [0.1, 0.15) is 5.82 Å². The van der Waals surface area contributed by atoms with E-state index in [0.717, 1.165) is 16.7 Å². The first kappa shape index (κ1) is 11.5. The van der Waals surface area contributed by atoms with Gasteiger partial charge in [-0.2, -0.15) is 0 Å². The van der Waals surface area contributed by atoms with Gasteiger partial charge in [-0.3, -0.25) is 0 Å². The van der Waals surface area contributed by atoms with Crippen LogP contribution in [0.2, 0.25) is 0 Å². The second-order valence-electron chi connectivity index (χ2n) is 4.54. The summed E-state index contributed by atoms with van der Waals surface area (Å²) in [6.07, 6.45) is 0. The third-order valence-corrected chi connectivity index (χ3v) is 2.43. The summed E-state index contributed by atoms with van der Waals surface area (Å²) in [4.78, 5) is 0. The zero-order chi connectivity index (χ0) is 10.8. The molecule has 0 fully saturated rings. The van der Waals surface area contributed by atoms with Crippen LogP contribution in [-0.2, 0) is 0 Å². The molecular formula is C11H15BrFN. The Hall–Kier alpha value is -0.570. The number of halogens is 2. The number of benzene rings is 1. The Morgan fingerprint density at radius 2 is 2.00 bits per heavy atom. The van der Waals surface area contributed by atoms with Crippen molar-refractivity contribution in [2.45, 2.75) is 20.8 Å². The molecule has 78 valence electrons. The van der Waals surface area contributed by atoms with E-state index in [9.17, 15) is 4.39 Å². The number of hydrogen-bond acceptors (Lipinski definition) is 1. The molecule has 0 aliphatic heterocycles. The normalized spacial score (nSPS) is 11.5. The van der Waals surface area contributed by atoms with Crippen LogP contribution < -0.4 is 5.32 Å². The fourth-order valence-corrected chi connectivity index (χ4v) is 1.38. The fourth-order valence-electron chi connectivity index (χ4n) is 0.993. The predicted octanol–water partition coefficient (Wildman–Crippen LogP) is 4.05. The minimum atomic E-state index is -0.218. The summed E-state index contributed by atoms with van der Waals surface area (Å²) < 4.78 is 13.8. The smallest absolute Gasteiger partial charge is 0.125 e. The van der Waals surface area contributed by atoms with Gasteiger partial charge in [0.15, 0.2) is 0 Å². The lowest BCUT2D eigenvalue weighted by molar-refractivity contribution is 0.443. The van der Waals surface area contributed by atoms with Crippen LogP contribution in [0, 0.1) is 11.2 Å². The van der Waals surface area contributed by atoms with Crippen molar-refractivity contribution in [2.75, 3.05) is 11.9 Å². The molecule has 0 aromatic heterocycles. The van der Waals surface area contributed by atoms with E-state index in [-0.39, 0.29) is 11.2 Å². The molecule has 0 atom stereocenters. The Morgan fingerprint density at radius 1 is 1.36 bits per heavy atom. The first-order valence-corrected chi connectivity index (χ1v) is 5.37. The molecule has 3 heteroatoms. The average molecular weight is 260 g/mol. The zero-order valence-electron chi connectivity index (χ0n) is 8.70. The molecule has 1 aromatic rings. The lowest BCUT2D eigenvalue weighted by Gasteiger charge is -2.20. The van der Waals surface area contributed by atoms with Gasteiger partial charge < -0.3 is 5.32 Å². The molecule has 0 saturated carbocycles. The molecule has 14 heavy (non-hydrogen) atoms. The highest BCUT2D eigenvalue weighted by molar-refractivity contribution is 9.10. The van der Waals surface area contributed by atoms with Crippen LogP contribution >= 0.6 is 15.9 Å². The number of nitrogens with one attached hydrogen (secondary N) is 1. The van der Waals surface area contributed by atoms with Crippen molar-refractivity contribution in [1.29, 1.82) is 0 Å². The van der Waals surface area contributed by atoms with E-state index in [2.05, 4.69) is 42.0 Å². The van der Waals surface area contributed by atoms with Crippen LogP contribution in [-0.4, -0.2) is 6.54 Å². The quantitative estimate of drug-likeness (QED) is 0.845. The van der Waals surface area contributed by atoms with Gasteiger partial charge in [0.05, 0.1) is 5.69 Å². The minimum absolute atomic E-state index is 0.186. The summed E-state index contributed by atoms with van der Waals surface area (Å²) in [5, 5.41) is 3.21. The molecule has 1 aromatic carbocycles. The molecule has 0 spiro atoms. The predicted molar refractivity (Wildman–Crippen MR) is 62.0 cm³/mol. The molecule has 0 unspecified atom stereocenters. The van der Waals surface area contributed by atoms with Crippen LogP contribution in [0.4, 0.5) is 10.1 Å². The van der Waals surface area contributed by atoms with Crippen molar-refractivity contribution in [2.24, 2.45) is 5.41 Å². The highest BCUT2D eigenvalue weighted by Crippen LogP contribution is 2.24. The standard InChI is InChI=1S/C11H15BrFN/c1-11(2,3)7-14-10-6-8(13)4-5-9(10)12/h4-6,14H,7H2,1-3H3. The van der Waals surface area contributed by atoms with Crippen LogP contribution in [0.5, 0.6) is 0 Å². The van der Waals surface area contributed by atoms with Crippen molar-refractivity contribution >= 4 is 21.6 Å². The van der Waals surface area contributed by atoms with E-state index in [1.165, 1.54) is 12.1 Å². The maximum Gasteiger partial charge on any atom is 0.125 e. The summed E-state index contributed by atoms with van der Waals surface area (Å²) >= 11 is 3.37. The first-order chi connectivity index (χ1) is 6.38. The van der Waals surface area contributed by atoms with Crippen molar-refractivity contribution in [1.82, 2.24) is 0 Å². The van der Waals surface area contributed by atoms with Crippen molar-refractivity contribution in [3.63, 3.8) is 0 Å². The van der Waals surface area contributed by atoms with Gasteiger partial charge in [0.2, 0.25) is 0 Å². The molecule has 1 nitrogen and oxygen atoms in total. The molecule has 1 N–H and O–H groups in total. The Morgan fingerprint density at radius 3 is 2.57 bits per heavy atom. The molecule has 0 aliphatic carbocycles. The summed E-state index contributed by atoms with van der Waals surface area (Å²) in [7, 11) is 0. The summed E-state index contributed by atoms with van der Waals surface area (Å²) in [5.74, 6) is -0.218. The van der Waals surface area contributed by atoms with E-state index in [1.54, 1.807) is 6.07 Å². The van der Waals surface area contributed by atoms with Gasteiger partial charge >= 0.3 is 0 Å². The summed E-state index contributed by atoms with van der Waals surface area (Å²) in [5.41, 5.74) is 0.992. The van der Waals surface area contributed by atoms with Crippen molar-refractivity contribution in [3.05, 3.63) is 28.5 Å². The molecule has 0 aliphatic rings. The van der Waals surface area contributed by atoms with Crippen LogP contribution in [0.1, 0.15) is 20.8 Å². The first-order valence-electron chi connectivity index (χ1n) is 4.57. The number of rotatable bonds is 2. The summed E-state index contributed by atoms with van der Waals surface area (Å²) in [6.45, 7) is 7.21. The topological polar surface area (TPSA) is 12.0 Å². The van der Waals surface area contributed by atoms with Gasteiger partial charge in [-0.15, -0.1) is 0 Å². The van der Waals surface area contributed by atoms with E-state index < -0.39 is 0 Å². The Labute approximate surface area is 92.8 Å². The highest BCUT2D eigenvalue weighted by atomic mass is 79.9. The third-order valence-electron chi connectivity index (χ3n) is 1.74. The van der Waals surface area contributed by atoms with E-state index in [1.807, 2.05) is 0 Å². The Balaban J connectivity index is 2.72. The highest BCUT2D eigenvalue weighted by Gasteiger charge is 2.10. The maximum absolute atomic E-state index is 12.9. The average Bonchev–Trinajstić information content (AvgIpc) is 2.05. The largest absolute Gasteiger partial charge is 0.384 e. The van der Waals surface area contributed by atoms with Crippen molar-refractivity contribution in [3.8, 4) is 0 Å². The summed E-state index contributed by atoms with van der Waals surface area (Å²) in [6, 6.07) is 4.64. The van der Waals surface area contributed by atoms with Gasteiger partial charge in [-0.25, -0.2) is 4.39 Å². The second kappa shape index (κ2) is 4.30. The lowest BCUT2D eigenvalue weighted by Crippen LogP contribution is -2.19. The van der Waals surface area contributed by atoms with Crippen LogP contribution in [0.15, 0.2) is 22.7 Å². The molecule has 0 bridgehead atoms. The minimum Gasteiger partial charge on any atom is -0.384 e. The Bertz CT molecular complexity index is 318. The molecule has 0 amide bonds. The van der Waals surface area contributed by atoms with E-state index >= 15 is 0 Å². The number of hydrogen-bond donors (Lipinski definition) is 1. The van der Waals surface area contributed by atoms with E-state index in [0.29, 0.717) is 0 Å². The molecule has 0 saturated heterocycles. The number of anilines is 1. The van der Waals surface area contributed by atoms with Crippen LogP contribution in [0.25, 0.3) is 0 Å². The van der Waals surface area contributed by atoms with Gasteiger partial charge in [0.25, 0.3) is 0 Å². The van der Waals surface area contributed by atoms with Gasteiger partial charge in [-0.1, -0.05) is 20.8 Å². The van der Waals surface area contributed by atoms with Gasteiger partial charge in [0, 0.05) is 11.0 Å². The molecule has 0 heterocycles. The third kappa shape index (κ3) is 3.66. The lowest BCUT2D eigenvalue weighted by atomic mass is 9.97. The molecule has 1 rings (SSSR count). The fraction of sp³-hybridized carbons (Fsp3) is 0.455. The Kier molecular flexibility index (Phi) is 3.53. The SMILES string of the molecule is CC(C)(C)CNc1cc(F)ccc1Br. The van der Waals surface area contributed by atoms with E-state index in [4.69, 9.17) is 0 Å².